The Balaban J connectivity index is 2.94. The lowest BCUT2D eigenvalue weighted by atomic mass is 10.2. The molecule has 0 aromatic heterocycles. The van der Waals surface area contributed by atoms with Gasteiger partial charge in [-0.05, 0) is 26.0 Å². The van der Waals surface area contributed by atoms with Gasteiger partial charge in [-0.25, -0.2) is 4.79 Å². The number of nitrogens with one attached hydrogen (secondary N) is 2. The normalized spacial score (nSPS) is 11.5. The molecule has 0 amide bonds. The highest BCUT2D eigenvalue weighted by atomic mass is 32.2. The van der Waals surface area contributed by atoms with Gasteiger partial charge in [-0.2, -0.15) is 13.1 Å². The highest BCUT2D eigenvalue weighted by Crippen LogP contribution is 2.22. The summed E-state index contributed by atoms with van der Waals surface area (Å²) >= 11 is 0. The summed E-state index contributed by atoms with van der Waals surface area (Å²) in [6.07, 6.45) is 0. The minimum absolute atomic E-state index is 0.0747. The number of phenols is 1. The van der Waals surface area contributed by atoms with Crippen molar-refractivity contribution in [2.75, 3.05) is 4.72 Å². The van der Waals surface area contributed by atoms with Crippen LogP contribution in [0.15, 0.2) is 18.2 Å². The Labute approximate surface area is 105 Å². The first-order valence-electron chi connectivity index (χ1n) is 5.07. The van der Waals surface area contributed by atoms with Crippen LogP contribution >= 0.6 is 0 Å². The highest BCUT2D eigenvalue weighted by Gasteiger charge is 2.14. The van der Waals surface area contributed by atoms with E-state index in [9.17, 15) is 18.3 Å². The zero-order valence-corrected chi connectivity index (χ0v) is 10.7. The molecule has 4 N–H and O–H groups in total. The molecular weight excluding hydrogens is 260 g/mol. The van der Waals surface area contributed by atoms with Crippen molar-refractivity contribution in [3.8, 4) is 5.75 Å². The quantitative estimate of drug-likeness (QED) is 0.632. The van der Waals surface area contributed by atoms with E-state index in [2.05, 4.69) is 9.44 Å². The fraction of sp³-hybridized carbons (Fsp3) is 0.300. The third-order valence-electron chi connectivity index (χ3n) is 1.87. The van der Waals surface area contributed by atoms with Crippen LogP contribution in [0.1, 0.15) is 24.2 Å². The summed E-state index contributed by atoms with van der Waals surface area (Å²) in [5, 5.41) is 18.1. The van der Waals surface area contributed by atoms with Crippen LogP contribution in [0, 0.1) is 0 Å². The van der Waals surface area contributed by atoms with Gasteiger partial charge in [-0.3, -0.25) is 4.72 Å². The largest absolute Gasteiger partial charge is 0.507 e. The topological polar surface area (TPSA) is 116 Å². The lowest BCUT2D eigenvalue weighted by molar-refractivity contribution is 0.0694. The first-order valence-corrected chi connectivity index (χ1v) is 6.56. The monoisotopic (exact) mass is 274 g/mol. The molecule has 7 nitrogen and oxygen atoms in total. The van der Waals surface area contributed by atoms with E-state index < -0.39 is 21.9 Å². The van der Waals surface area contributed by atoms with Crippen LogP contribution < -0.4 is 9.44 Å². The maximum atomic E-state index is 11.5. The van der Waals surface area contributed by atoms with Crippen molar-refractivity contribution in [3.05, 3.63) is 23.8 Å². The number of carboxylic acids is 1. The third kappa shape index (κ3) is 3.90. The molecule has 0 saturated heterocycles. The van der Waals surface area contributed by atoms with Crippen LogP contribution in [-0.2, 0) is 10.2 Å². The molecule has 0 saturated carbocycles. The second kappa shape index (κ2) is 5.23. The molecule has 0 bridgehead atoms. The molecule has 0 aliphatic carbocycles. The van der Waals surface area contributed by atoms with Gasteiger partial charge in [0.1, 0.15) is 11.3 Å². The molecule has 0 radical (unpaired) electrons. The van der Waals surface area contributed by atoms with Gasteiger partial charge in [-0.15, -0.1) is 0 Å². The van der Waals surface area contributed by atoms with Gasteiger partial charge in [0.15, 0.2) is 0 Å². The van der Waals surface area contributed by atoms with E-state index in [4.69, 9.17) is 5.11 Å². The molecule has 0 fully saturated rings. The number of anilines is 1. The Morgan fingerprint density at radius 2 is 1.94 bits per heavy atom. The highest BCUT2D eigenvalue weighted by molar-refractivity contribution is 7.90. The predicted molar refractivity (Wildman–Crippen MR) is 65.9 cm³/mol. The number of hydrogen-bond donors (Lipinski definition) is 4. The third-order valence-corrected chi connectivity index (χ3v) is 3.16. The lowest BCUT2D eigenvalue weighted by Crippen LogP contribution is -2.35. The number of hydrogen-bond acceptors (Lipinski definition) is 4. The molecule has 0 atom stereocenters. The Kier molecular flexibility index (Phi) is 4.15. The summed E-state index contributed by atoms with van der Waals surface area (Å²) in [5.41, 5.74) is -0.222. The van der Waals surface area contributed by atoms with Crippen molar-refractivity contribution in [2.24, 2.45) is 0 Å². The van der Waals surface area contributed by atoms with Crippen LogP contribution in [-0.4, -0.2) is 30.6 Å². The predicted octanol–water partition coefficient (Wildman–Crippen LogP) is 0.745. The van der Waals surface area contributed by atoms with Crippen LogP contribution in [0.5, 0.6) is 5.75 Å². The van der Waals surface area contributed by atoms with Gasteiger partial charge >= 0.3 is 5.97 Å². The van der Waals surface area contributed by atoms with E-state index in [1.54, 1.807) is 13.8 Å². The smallest absolute Gasteiger partial charge is 0.339 e. The van der Waals surface area contributed by atoms with E-state index >= 15 is 0 Å². The fourth-order valence-electron chi connectivity index (χ4n) is 1.27. The van der Waals surface area contributed by atoms with Gasteiger partial charge in [0, 0.05) is 12.1 Å². The molecule has 18 heavy (non-hydrogen) atoms. The first-order chi connectivity index (χ1) is 8.21. The van der Waals surface area contributed by atoms with Crippen LogP contribution in [0.2, 0.25) is 0 Å². The van der Waals surface area contributed by atoms with E-state index in [1.807, 2.05) is 0 Å². The summed E-state index contributed by atoms with van der Waals surface area (Å²) in [4.78, 5) is 10.7. The zero-order chi connectivity index (χ0) is 13.9. The van der Waals surface area contributed by atoms with Gasteiger partial charge in [-0.1, -0.05) is 0 Å². The van der Waals surface area contributed by atoms with E-state index in [0.717, 1.165) is 12.1 Å². The standard InChI is InChI=1S/C10H14N2O5S/c1-6(2)11-18(16,17)12-7-3-4-8(10(14)15)9(13)5-7/h3-6,11-13H,1-2H3,(H,14,15). The summed E-state index contributed by atoms with van der Waals surface area (Å²) in [7, 11) is -3.74. The SMILES string of the molecule is CC(C)NS(=O)(=O)Nc1ccc(C(=O)O)c(O)c1. The van der Waals surface area contributed by atoms with Crippen LogP contribution in [0.3, 0.4) is 0 Å². The van der Waals surface area contributed by atoms with Crippen molar-refractivity contribution in [2.45, 2.75) is 19.9 Å². The minimum Gasteiger partial charge on any atom is -0.507 e. The molecule has 1 aromatic carbocycles. The number of benzene rings is 1. The Morgan fingerprint density at radius 1 is 1.33 bits per heavy atom. The van der Waals surface area contributed by atoms with Crippen LogP contribution in [0.4, 0.5) is 5.69 Å². The van der Waals surface area contributed by atoms with Crippen molar-refractivity contribution >= 4 is 21.9 Å². The van der Waals surface area contributed by atoms with Crippen molar-refractivity contribution in [3.63, 3.8) is 0 Å². The second-order valence-electron chi connectivity index (χ2n) is 3.92. The summed E-state index contributed by atoms with van der Waals surface area (Å²) in [6, 6.07) is 3.12. The number of aromatic carboxylic acids is 1. The minimum atomic E-state index is -3.74. The second-order valence-corrected chi connectivity index (χ2v) is 5.36. The average molecular weight is 274 g/mol. The van der Waals surface area contributed by atoms with Gasteiger partial charge in [0.05, 0.1) is 5.69 Å². The molecule has 100 valence electrons. The maximum absolute atomic E-state index is 11.5. The van der Waals surface area contributed by atoms with Gasteiger partial charge in [0.25, 0.3) is 10.2 Å². The van der Waals surface area contributed by atoms with Crippen molar-refractivity contribution in [1.82, 2.24) is 4.72 Å². The number of carboxylic acid groups (broad SMARTS) is 1. The molecule has 8 heteroatoms. The zero-order valence-electron chi connectivity index (χ0n) is 9.84. The molecule has 1 aromatic rings. The molecular formula is C10H14N2O5S. The molecule has 0 aliphatic rings. The lowest BCUT2D eigenvalue weighted by Gasteiger charge is -2.12. The van der Waals surface area contributed by atoms with Crippen LogP contribution in [0.25, 0.3) is 0 Å². The average Bonchev–Trinajstić information content (AvgIpc) is 2.13. The van der Waals surface area contributed by atoms with Gasteiger partial charge < -0.3 is 10.2 Å². The first kappa shape index (κ1) is 14.3. The maximum Gasteiger partial charge on any atom is 0.339 e. The molecule has 0 aliphatic heterocycles. The number of rotatable bonds is 5. The summed E-state index contributed by atoms with van der Waals surface area (Å²) in [5.74, 6) is -1.80. The molecule has 0 heterocycles. The van der Waals surface area contributed by atoms with Crippen molar-refractivity contribution in [1.29, 1.82) is 0 Å². The Morgan fingerprint density at radius 3 is 2.39 bits per heavy atom. The molecule has 1 rings (SSSR count). The van der Waals surface area contributed by atoms with Gasteiger partial charge in [0.2, 0.25) is 0 Å². The Hall–Kier alpha value is -1.80. The van der Waals surface area contributed by atoms with E-state index in [0.29, 0.717) is 0 Å². The van der Waals surface area contributed by atoms with E-state index in [1.165, 1.54) is 6.07 Å². The summed E-state index contributed by atoms with van der Waals surface area (Å²) in [6.45, 7) is 3.31. The van der Waals surface area contributed by atoms with E-state index in [-0.39, 0.29) is 17.3 Å². The molecule has 0 spiro atoms. The summed E-state index contributed by atoms with van der Waals surface area (Å²) < 4.78 is 27.5. The molecule has 0 unspecified atom stereocenters. The number of carbonyl (C=O) groups is 1. The van der Waals surface area contributed by atoms with Crippen molar-refractivity contribution < 1.29 is 23.4 Å². The Bertz CT molecular complexity index is 553. The number of aromatic hydroxyl groups is 1. The fourth-order valence-corrected chi connectivity index (χ4v) is 2.39.